The fraction of sp³-hybridized carbons (Fsp3) is 0. The molecule has 2 rings (SSSR count). The zero-order valence-electron chi connectivity index (χ0n) is 5.95. The van der Waals surface area contributed by atoms with Gasteiger partial charge in [-0.2, -0.15) is 0 Å². The number of para-hydroxylation sites is 1. The molecule has 1 aromatic carbocycles. The van der Waals surface area contributed by atoms with Crippen molar-refractivity contribution in [3.05, 3.63) is 36.5 Å². The van der Waals surface area contributed by atoms with E-state index in [-0.39, 0.29) is 0 Å². The van der Waals surface area contributed by atoms with Gasteiger partial charge in [-0.05, 0) is 18.2 Å². The van der Waals surface area contributed by atoms with Gasteiger partial charge in [0.15, 0.2) is 5.58 Å². The predicted molar refractivity (Wildman–Crippen MR) is 44.1 cm³/mol. The van der Waals surface area contributed by atoms with Crippen molar-refractivity contribution >= 4 is 17.0 Å². The molecular weight excluding hydrogens is 138 g/mol. The number of hydrogen-bond donors (Lipinski definition) is 0. The van der Waals surface area contributed by atoms with Crippen molar-refractivity contribution in [2.24, 2.45) is 0 Å². The van der Waals surface area contributed by atoms with Crippen molar-refractivity contribution in [2.45, 2.75) is 0 Å². The molecule has 0 aliphatic carbocycles. The van der Waals surface area contributed by atoms with Gasteiger partial charge in [0.2, 0.25) is 0 Å². The SMILES string of the molecule is C=Cc1noc2ccccc12. The first-order valence-corrected chi connectivity index (χ1v) is 3.38. The van der Waals surface area contributed by atoms with Crippen molar-refractivity contribution in [3.8, 4) is 0 Å². The van der Waals surface area contributed by atoms with E-state index in [1.807, 2.05) is 24.3 Å². The van der Waals surface area contributed by atoms with Gasteiger partial charge in [0.1, 0.15) is 5.69 Å². The topological polar surface area (TPSA) is 26.0 Å². The van der Waals surface area contributed by atoms with Crippen LogP contribution < -0.4 is 0 Å². The highest BCUT2D eigenvalue weighted by atomic mass is 16.5. The summed E-state index contributed by atoms with van der Waals surface area (Å²) in [6.45, 7) is 3.63. The average molecular weight is 145 g/mol. The molecule has 0 aliphatic heterocycles. The van der Waals surface area contributed by atoms with E-state index >= 15 is 0 Å². The lowest BCUT2D eigenvalue weighted by Crippen LogP contribution is -1.67. The fourth-order valence-corrected chi connectivity index (χ4v) is 1.05. The lowest BCUT2D eigenvalue weighted by molar-refractivity contribution is 0.454. The first-order chi connectivity index (χ1) is 5.42. The van der Waals surface area contributed by atoms with Crippen LogP contribution in [0.15, 0.2) is 35.4 Å². The number of fused-ring (bicyclic) bond motifs is 1. The summed E-state index contributed by atoms with van der Waals surface area (Å²) in [4.78, 5) is 0. The molecule has 1 aromatic heterocycles. The molecule has 0 bridgehead atoms. The summed E-state index contributed by atoms with van der Waals surface area (Å²) in [5.74, 6) is 0. The summed E-state index contributed by atoms with van der Waals surface area (Å²) < 4.78 is 5.02. The van der Waals surface area contributed by atoms with Crippen LogP contribution in [0.2, 0.25) is 0 Å². The van der Waals surface area contributed by atoms with Crippen LogP contribution in [0, 0.1) is 0 Å². The monoisotopic (exact) mass is 145 g/mol. The third kappa shape index (κ3) is 0.835. The molecule has 0 saturated heterocycles. The number of benzene rings is 1. The van der Waals surface area contributed by atoms with Gasteiger partial charge in [-0.25, -0.2) is 0 Å². The molecule has 0 amide bonds. The van der Waals surface area contributed by atoms with Crippen LogP contribution in [0.25, 0.3) is 17.0 Å². The molecule has 0 aliphatic rings. The standard InChI is InChI=1S/C9H7NO/c1-2-8-7-5-3-4-6-9(7)11-10-8/h2-6H,1H2. The van der Waals surface area contributed by atoms with E-state index in [1.165, 1.54) is 0 Å². The van der Waals surface area contributed by atoms with Crippen LogP contribution in [-0.2, 0) is 0 Å². The second-order valence-electron chi connectivity index (χ2n) is 2.27. The van der Waals surface area contributed by atoms with E-state index in [9.17, 15) is 0 Å². The van der Waals surface area contributed by atoms with Gasteiger partial charge < -0.3 is 4.52 Å². The number of rotatable bonds is 1. The second kappa shape index (κ2) is 2.23. The Bertz CT molecular complexity index is 389. The smallest absolute Gasteiger partial charge is 0.167 e. The minimum Gasteiger partial charge on any atom is -0.356 e. The zero-order chi connectivity index (χ0) is 7.68. The maximum atomic E-state index is 5.02. The van der Waals surface area contributed by atoms with E-state index in [4.69, 9.17) is 4.52 Å². The molecule has 2 aromatic rings. The Kier molecular flexibility index (Phi) is 1.25. The highest BCUT2D eigenvalue weighted by molar-refractivity contribution is 5.84. The summed E-state index contributed by atoms with van der Waals surface area (Å²) in [5, 5.41) is 4.84. The van der Waals surface area contributed by atoms with Crippen LogP contribution >= 0.6 is 0 Å². The molecule has 0 fully saturated rings. The van der Waals surface area contributed by atoms with Crippen LogP contribution in [0.5, 0.6) is 0 Å². The number of nitrogens with zero attached hydrogens (tertiary/aromatic N) is 1. The summed E-state index contributed by atoms with van der Waals surface area (Å²) in [7, 11) is 0. The first kappa shape index (κ1) is 6.16. The summed E-state index contributed by atoms with van der Waals surface area (Å²) >= 11 is 0. The van der Waals surface area contributed by atoms with Crippen molar-refractivity contribution in [2.75, 3.05) is 0 Å². The van der Waals surface area contributed by atoms with Gasteiger partial charge >= 0.3 is 0 Å². The van der Waals surface area contributed by atoms with Gasteiger partial charge in [0.25, 0.3) is 0 Å². The Morgan fingerprint density at radius 3 is 3.00 bits per heavy atom. The third-order valence-corrected chi connectivity index (χ3v) is 1.60. The van der Waals surface area contributed by atoms with E-state index in [2.05, 4.69) is 11.7 Å². The van der Waals surface area contributed by atoms with E-state index in [0.29, 0.717) is 0 Å². The molecule has 11 heavy (non-hydrogen) atoms. The Labute approximate surface area is 64.1 Å². The quantitative estimate of drug-likeness (QED) is 0.616. The first-order valence-electron chi connectivity index (χ1n) is 3.38. The Hall–Kier alpha value is -1.57. The van der Waals surface area contributed by atoms with Crippen LogP contribution in [-0.4, -0.2) is 5.16 Å². The van der Waals surface area contributed by atoms with Crippen LogP contribution in [0.1, 0.15) is 5.69 Å². The van der Waals surface area contributed by atoms with Crippen molar-refractivity contribution in [1.82, 2.24) is 5.16 Å². The predicted octanol–water partition coefficient (Wildman–Crippen LogP) is 2.47. The molecule has 54 valence electrons. The lowest BCUT2D eigenvalue weighted by Gasteiger charge is -1.83. The molecule has 0 N–H and O–H groups in total. The fourth-order valence-electron chi connectivity index (χ4n) is 1.05. The highest BCUT2D eigenvalue weighted by Gasteiger charge is 2.01. The van der Waals surface area contributed by atoms with Crippen LogP contribution in [0.3, 0.4) is 0 Å². The van der Waals surface area contributed by atoms with Crippen molar-refractivity contribution in [3.63, 3.8) is 0 Å². The Balaban J connectivity index is 2.86. The van der Waals surface area contributed by atoms with Gasteiger partial charge in [0.05, 0.1) is 0 Å². The van der Waals surface area contributed by atoms with Gasteiger partial charge in [-0.1, -0.05) is 23.9 Å². The maximum Gasteiger partial charge on any atom is 0.167 e. The summed E-state index contributed by atoms with van der Waals surface area (Å²) in [6.07, 6.45) is 1.69. The molecule has 0 atom stereocenters. The summed E-state index contributed by atoms with van der Waals surface area (Å²) in [5.41, 5.74) is 1.61. The molecule has 2 nitrogen and oxygen atoms in total. The Morgan fingerprint density at radius 1 is 1.36 bits per heavy atom. The largest absolute Gasteiger partial charge is 0.356 e. The van der Waals surface area contributed by atoms with Crippen LogP contribution in [0.4, 0.5) is 0 Å². The molecule has 0 saturated carbocycles. The normalized spacial score (nSPS) is 10.2. The maximum absolute atomic E-state index is 5.02. The zero-order valence-corrected chi connectivity index (χ0v) is 5.95. The van der Waals surface area contributed by atoms with E-state index in [1.54, 1.807) is 6.08 Å². The number of aromatic nitrogens is 1. The van der Waals surface area contributed by atoms with Gasteiger partial charge in [-0.15, -0.1) is 0 Å². The van der Waals surface area contributed by atoms with E-state index in [0.717, 1.165) is 16.7 Å². The summed E-state index contributed by atoms with van der Waals surface area (Å²) in [6, 6.07) is 7.71. The minimum atomic E-state index is 0.806. The Morgan fingerprint density at radius 2 is 2.18 bits per heavy atom. The van der Waals surface area contributed by atoms with E-state index < -0.39 is 0 Å². The van der Waals surface area contributed by atoms with Crippen molar-refractivity contribution in [1.29, 1.82) is 0 Å². The molecule has 0 unspecified atom stereocenters. The number of hydrogen-bond acceptors (Lipinski definition) is 2. The molecule has 2 heteroatoms. The average Bonchev–Trinajstić information content (AvgIpc) is 2.47. The lowest BCUT2D eigenvalue weighted by atomic mass is 10.2. The molecule has 1 heterocycles. The second-order valence-corrected chi connectivity index (χ2v) is 2.27. The van der Waals surface area contributed by atoms with Gasteiger partial charge in [0, 0.05) is 5.39 Å². The molecular formula is C9H7NO. The molecule has 0 radical (unpaired) electrons. The third-order valence-electron chi connectivity index (χ3n) is 1.60. The highest BCUT2D eigenvalue weighted by Crippen LogP contribution is 2.17. The van der Waals surface area contributed by atoms with Crippen molar-refractivity contribution < 1.29 is 4.52 Å². The minimum absolute atomic E-state index is 0.806. The molecule has 0 spiro atoms. The van der Waals surface area contributed by atoms with Gasteiger partial charge in [-0.3, -0.25) is 0 Å².